The van der Waals surface area contributed by atoms with Crippen LogP contribution in [0.15, 0.2) is 24.3 Å². The molecule has 1 saturated carbocycles. The largest absolute Gasteiger partial charge is 0.350 e. The van der Waals surface area contributed by atoms with Gasteiger partial charge in [-0.1, -0.05) is 56.8 Å². The SMILES string of the molecule is CC(C)C(=O)NC1(C2CCCCC2)CCN(C(=O)[C@@H](Cc2ccc(Cl)cc2)NCC2CCCN2)CC1. The van der Waals surface area contributed by atoms with Crippen LogP contribution in [0.5, 0.6) is 0 Å². The fourth-order valence-electron chi connectivity index (χ4n) is 6.35. The molecule has 1 aromatic rings. The second-order valence-electron chi connectivity index (χ2n) is 11.5. The highest BCUT2D eigenvalue weighted by atomic mass is 35.5. The number of amides is 2. The molecule has 2 amide bonds. The van der Waals surface area contributed by atoms with Crippen molar-refractivity contribution >= 4 is 23.4 Å². The lowest BCUT2D eigenvalue weighted by Gasteiger charge is -2.49. The Bertz CT molecular complexity index is 855. The van der Waals surface area contributed by atoms with E-state index in [1.807, 2.05) is 43.0 Å². The summed E-state index contributed by atoms with van der Waals surface area (Å²) in [5, 5.41) is 11.3. The summed E-state index contributed by atoms with van der Waals surface area (Å²) in [7, 11) is 0. The molecule has 0 radical (unpaired) electrons. The molecule has 3 fully saturated rings. The Morgan fingerprint density at radius 2 is 1.75 bits per heavy atom. The van der Waals surface area contributed by atoms with Gasteiger partial charge in [-0.2, -0.15) is 0 Å². The number of nitrogens with one attached hydrogen (secondary N) is 3. The summed E-state index contributed by atoms with van der Waals surface area (Å²) in [6.45, 7) is 7.19. The molecule has 1 aromatic carbocycles. The van der Waals surface area contributed by atoms with Crippen molar-refractivity contribution in [2.45, 2.75) is 95.7 Å². The lowest BCUT2D eigenvalue weighted by molar-refractivity contribution is -0.136. The van der Waals surface area contributed by atoms with Crippen LogP contribution in [0.1, 0.15) is 77.2 Å². The standard InChI is InChI=1S/C29H45ClN4O2/c1-21(2)27(35)33-29(23-7-4-3-5-8-23)14-17-34(18-15-29)28(36)26(32-20-25-9-6-16-31-25)19-22-10-12-24(30)13-11-22/h10-13,21,23,25-26,31-32H,3-9,14-20H2,1-2H3,(H,33,35)/t25?,26-/m1/s1. The summed E-state index contributed by atoms with van der Waals surface area (Å²) in [4.78, 5) is 28.7. The van der Waals surface area contributed by atoms with Gasteiger partial charge in [-0.25, -0.2) is 0 Å². The van der Waals surface area contributed by atoms with Gasteiger partial charge in [-0.3, -0.25) is 9.59 Å². The van der Waals surface area contributed by atoms with Crippen molar-refractivity contribution in [3.05, 3.63) is 34.9 Å². The van der Waals surface area contributed by atoms with Gasteiger partial charge in [0.1, 0.15) is 0 Å². The van der Waals surface area contributed by atoms with Gasteiger partial charge in [0.25, 0.3) is 0 Å². The van der Waals surface area contributed by atoms with E-state index in [0.29, 0.717) is 36.5 Å². The highest BCUT2D eigenvalue weighted by molar-refractivity contribution is 6.30. The number of likely N-dealkylation sites (tertiary alicyclic amines) is 1. The predicted molar refractivity (Wildman–Crippen MR) is 146 cm³/mol. The van der Waals surface area contributed by atoms with E-state index >= 15 is 0 Å². The minimum absolute atomic E-state index is 0.0257. The second kappa shape index (κ2) is 12.7. The summed E-state index contributed by atoms with van der Waals surface area (Å²) >= 11 is 6.10. The first-order chi connectivity index (χ1) is 17.4. The van der Waals surface area contributed by atoms with Gasteiger partial charge < -0.3 is 20.9 Å². The molecule has 3 N–H and O–H groups in total. The Morgan fingerprint density at radius 1 is 1.06 bits per heavy atom. The Labute approximate surface area is 222 Å². The van der Waals surface area contributed by atoms with Crippen LogP contribution in [0, 0.1) is 11.8 Å². The lowest BCUT2D eigenvalue weighted by atomic mass is 9.69. The van der Waals surface area contributed by atoms with E-state index in [4.69, 9.17) is 11.6 Å². The Balaban J connectivity index is 1.44. The summed E-state index contributed by atoms with van der Waals surface area (Å²) < 4.78 is 0. The Morgan fingerprint density at radius 3 is 2.36 bits per heavy atom. The molecule has 2 heterocycles. The van der Waals surface area contributed by atoms with Crippen LogP contribution in [0.4, 0.5) is 0 Å². The van der Waals surface area contributed by atoms with Gasteiger partial charge in [-0.15, -0.1) is 0 Å². The van der Waals surface area contributed by atoms with Gasteiger partial charge in [0.15, 0.2) is 0 Å². The molecule has 1 aliphatic carbocycles. The molecule has 2 aliphatic heterocycles. The third-order valence-corrected chi connectivity index (χ3v) is 8.93. The summed E-state index contributed by atoms with van der Waals surface area (Å²) in [6, 6.07) is 7.99. The zero-order valence-electron chi connectivity index (χ0n) is 22.2. The number of carbonyl (C=O) groups excluding carboxylic acids is 2. The Hall–Kier alpha value is -1.63. The van der Waals surface area contributed by atoms with E-state index in [1.54, 1.807) is 0 Å². The van der Waals surface area contributed by atoms with E-state index < -0.39 is 0 Å². The predicted octanol–water partition coefficient (Wildman–Crippen LogP) is 4.31. The normalized spacial score (nSPS) is 23.6. The maximum absolute atomic E-state index is 13.8. The van der Waals surface area contributed by atoms with Gasteiger partial charge in [0.05, 0.1) is 6.04 Å². The van der Waals surface area contributed by atoms with Crippen LogP contribution < -0.4 is 16.0 Å². The molecule has 3 aliphatic rings. The van der Waals surface area contributed by atoms with Gasteiger partial charge >= 0.3 is 0 Å². The van der Waals surface area contributed by atoms with E-state index in [1.165, 1.54) is 38.5 Å². The van der Waals surface area contributed by atoms with Crippen LogP contribution in [-0.4, -0.2) is 60.5 Å². The number of hydrogen-bond donors (Lipinski definition) is 3. The van der Waals surface area contributed by atoms with Crippen molar-refractivity contribution in [3.63, 3.8) is 0 Å². The zero-order valence-corrected chi connectivity index (χ0v) is 22.9. The maximum atomic E-state index is 13.8. The third-order valence-electron chi connectivity index (χ3n) is 8.67. The van der Waals surface area contributed by atoms with Gasteiger partial charge in [0.2, 0.25) is 11.8 Å². The van der Waals surface area contributed by atoms with E-state index in [9.17, 15) is 9.59 Å². The number of halogens is 1. The average molecular weight is 517 g/mol. The van der Waals surface area contributed by atoms with Crippen molar-refractivity contribution in [2.75, 3.05) is 26.2 Å². The van der Waals surface area contributed by atoms with E-state index in [2.05, 4.69) is 16.0 Å². The molecule has 0 bridgehead atoms. The molecule has 200 valence electrons. The molecule has 0 spiro atoms. The number of rotatable bonds is 9. The van der Waals surface area contributed by atoms with Crippen molar-refractivity contribution in [2.24, 2.45) is 11.8 Å². The van der Waals surface area contributed by atoms with Gasteiger partial charge in [-0.05, 0) is 75.1 Å². The van der Waals surface area contributed by atoms with Crippen LogP contribution in [0.2, 0.25) is 5.02 Å². The molecular weight excluding hydrogens is 472 g/mol. The molecule has 4 rings (SSSR count). The van der Waals surface area contributed by atoms with E-state index in [-0.39, 0.29) is 29.3 Å². The van der Waals surface area contributed by atoms with Crippen LogP contribution in [0.3, 0.4) is 0 Å². The van der Waals surface area contributed by atoms with Crippen molar-refractivity contribution in [1.82, 2.24) is 20.9 Å². The first kappa shape index (κ1) is 27.4. The molecule has 2 atom stereocenters. The van der Waals surface area contributed by atoms with Crippen molar-refractivity contribution in [3.8, 4) is 0 Å². The smallest absolute Gasteiger partial charge is 0.240 e. The molecule has 36 heavy (non-hydrogen) atoms. The summed E-state index contributed by atoms with van der Waals surface area (Å²) in [5.74, 6) is 0.812. The van der Waals surface area contributed by atoms with Crippen molar-refractivity contribution < 1.29 is 9.59 Å². The monoisotopic (exact) mass is 516 g/mol. The minimum Gasteiger partial charge on any atom is -0.350 e. The zero-order chi connectivity index (χ0) is 25.5. The highest BCUT2D eigenvalue weighted by Gasteiger charge is 2.44. The summed E-state index contributed by atoms with van der Waals surface area (Å²) in [5.41, 5.74) is 0.938. The van der Waals surface area contributed by atoms with Crippen molar-refractivity contribution in [1.29, 1.82) is 0 Å². The fourth-order valence-corrected chi connectivity index (χ4v) is 6.47. The topological polar surface area (TPSA) is 73.5 Å². The second-order valence-corrected chi connectivity index (χ2v) is 12.0. The number of hydrogen-bond acceptors (Lipinski definition) is 4. The summed E-state index contributed by atoms with van der Waals surface area (Å²) in [6.07, 6.45) is 10.8. The average Bonchev–Trinajstić information content (AvgIpc) is 3.42. The van der Waals surface area contributed by atoms with E-state index in [0.717, 1.165) is 37.9 Å². The highest BCUT2D eigenvalue weighted by Crippen LogP contribution is 2.39. The fraction of sp³-hybridized carbons (Fsp3) is 0.724. The first-order valence-electron chi connectivity index (χ1n) is 14.2. The maximum Gasteiger partial charge on any atom is 0.240 e. The van der Waals surface area contributed by atoms with Gasteiger partial charge in [0, 0.05) is 42.2 Å². The number of piperidine rings is 1. The Kier molecular flexibility index (Phi) is 9.71. The first-order valence-corrected chi connectivity index (χ1v) is 14.6. The van der Waals surface area contributed by atoms with Crippen LogP contribution >= 0.6 is 11.6 Å². The molecule has 6 nitrogen and oxygen atoms in total. The quantitative estimate of drug-likeness (QED) is 0.457. The van der Waals surface area contributed by atoms with Crippen LogP contribution in [-0.2, 0) is 16.0 Å². The lowest BCUT2D eigenvalue weighted by Crippen LogP contribution is -2.62. The van der Waals surface area contributed by atoms with Crippen LogP contribution in [0.25, 0.3) is 0 Å². The molecular formula is C29H45ClN4O2. The minimum atomic E-state index is -0.263. The number of nitrogens with zero attached hydrogens (tertiary/aromatic N) is 1. The molecule has 0 aromatic heterocycles. The number of carbonyl (C=O) groups is 2. The molecule has 7 heteroatoms. The number of benzene rings is 1. The molecule has 2 saturated heterocycles. The molecule has 1 unspecified atom stereocenters. The third kappa shape index (κ3) is 7.02.